The van der Waals surface area contributed by atoms with Crippen LogP contribution in [-0.4, -0.2) is 34.1 Å². The minimum atomic E-state index is -4.05. The first kappa shape index (κ1) is 18.2. The second-order valence-corrected chi connectivity index (χ2v) is 6.69. The van der Waals surface area contributed by atoms with Gasteiger partial charge in [-0.2, -0.15) is 0 Å². The molecule has 0 saturated heterocycles. The molecule has 21 heavy (non-hydrogen) atoms. The lowest BCUT2D eigenvalue weighted by molar-refractivity contribution is 0.0894. The summed E-state index contributed by atoms with van der Waals surface area (Å²) >= 11 is 11.7. The minimum absolute atomic E-state index is 0.0142. The van der Waals surface area contributed by atoms with Crippen molar-refractivity contribution in [1.82, 2.24) is 5.32 Å². The second-order valence-electron chi connectivity index (χ2n) is 4.34. The van der Waals surface area contributed by atoms with Gasteiger partial charge in [0.1, 0.15) is 4.90 Å². The minimum Gasteiger partial charge on any atom is -0.383 e. The number of rotatable bonds is 6. The summed E-state index contributed by atoms with van der Waals surface area (Å²) in [6.45, 7) is 2.21. The number of halogens is 2. The van der Waals surface area contributed by atoms with Crippen molar-refractivity contribution in [3.63, 3.8) is 0 Å². The van der Waals surface area contributed by atoms with Gasteiger partial charge in [0.2, 0.25) is 10.0 Å². The number of sulfonamides is 1. The molecule has 1 aromatic rings. The maximum Gasteiger partial charge on any atom is 0.253 e. The van der Waals surface area contributed by atoms with E-state index in [0.29, 0.717) is 13.0 Å². The molecule has 0 fully saturated rings. The van der Waals surface area contributed by atoms with Gasteiger partial charge < -0.3 is 10.1 Å². The Kier molecular flexibility index (Phi) is 6.42. The van der Waals surface area contributed by atoms with Crippen molar-refractivity contribution in [1.29, 1.82) is 0 Å². The molecule has 0 saturated carbocycles. The molecule has 0 aliphatic heterocycles. The Morgan fingerprint density at radius 2 is 2.00 bits per heavy atom. The lowest BCUT2D eigenvalue weighted by atomic mass is 10.1. The van der Waals surface area contributed by atoms with Crippen LogP contribution in [0.3, 0.4) is 0 Å². The highest BCUT2D eigenvalue weighted by atomic mass is 35.5. The van der Waals surface area contributed by atoms with E-state index in [4.69, 9.17) is 33.1 Å². The summed E-state index contributed by atoms with van der Waals surface area (Å²) in [5, 5.41) is 7.64. The Hall–Kier alpha value is -0.860. The van der Waals surface area contributed by atoms with Gasteiger partial charge in [-0.1, -0.05) is 30.1 Å². The topological polar surface area (TPSA) is 98.5 Å². The van der Waals surface area contributed by atoms with Crippen LogP contribution in [0.1, 0.15) is 23.7 Å². The van der Waals surface area contributed by atoms with Gasteiger partial charge >= 0.3 is 0 Å². The van der Waals surface area contributed by atoms with Crippen LogP contribution in [0.15, 0.2) is 17.0 Å². The van der Waals surface area contributed by atoms with Gasteiger partial charge in [0.15, 0.2) is 0 Å². The number of amides is 1. The summed E-state index contributed by atoms with van der Waals surface area (Å²) in [5.74, 6) is -0.523. The Morgan fingerprint density at radius 3 is 2.48 bits per heavy atom. The lowest BCUT2D eigenvalue weighted by Gasteiger charge is -2.17. The normalized spacial score (nSPS) is 13.0. The van der Waals surface area contributed by atoms with Crippen LogP contribution in [0, 0.1) is 0 Å². The maximum atomic E-state index is 12.2. The van der Waals surface area contributed by atoms with Crippen LogP contribution in [0.2, 0.25) is 10.0 Å². The average Bonchev–Trinajstić information content (AvgIpc) is 2.36. The monoisotopic (exact) mass is 354 g/mol. The summed E-state index contributed by atoms with van der Waals surface area (Å²) in [6.07, 6.45) is 0.646. The highest BCUT2D eigenvalue weighted by molar-refractivity contribution is 7.89. The van der Waals surface area contributed by atoms with Crippen LogP contribution in [0.4, 0.5) is 0 Å². The number of ether oxygens (including phenoxy) is 1. The first-order chi connectivity index (χ1) is 9.70. The molecule has 1 unspecified atom stereocenters. The van der Waals surface area contributed by atoms with Crippen LogP contribution in [0.25, 0.3) is 0 Å². The Morgan fingerprint density at radius 1 is 1.38 bits per heavy atom. The fraction of sp³-hybridized carbons (Fsp3) is 0.417. The number of nitrogens with one attached hydrogen (secondary N) is 1. The number of primary sulfonamides is 1. The van der Waals surface area contributed by atoms with Gasteiger partial charge in [0, 0.05) is 7.11 Å². The number of nitrogens with two attached hydrogens (primary N) is 1. The van der Waals surface area contributed by atoms with Crippen molar-refractivity contribution >= 4 is 39.1 Å². The van der Waals surface area contributed by atoms with E-state index in [0.717, 1.165) is 6.07 Å². The van der Waals surface area contributed by atoms with Crippen molar-refractivity contribution < 1.29 is 17.9 Å². The van der Waals surface area contributed by atoms with Gasteiger partial charge in [-0.05, 0) is 18.6 Å². The molecule has 0 heterocycles. The predicted octanol–water partition coefficient (Wildman–Crippen LogP) is 1.80. The summed E-state index contributed by atoms with van der Waals surface area (Å²) in [5.41, 5.74) is -0.0142. The first-order valence-electron chi connectivity index (χ1n) is 6.02. The van der Waals surface area contributed by atoms with E-state index in [1.165, 1.54) is 13.2 Å². The van der Waals surface area contributed by atoms with E-state index < -0.39 is 15.9 Å². The standard InChI is InChI=1S/C12H16Cl2N2O4S/c1-3-7(6-20-2)16-12(17)8-4-11(21(15,18)19)10(14)5-9(8)13/h4-5,7H,3,6H2,1-2H3,(H,16,17)(H2,15,18,19). The number of methoxy groups -OCH3 is 1. The largest absolute Gasteiger partial charge is 0.383 e. The summed E-state index contributed by atoms with van der Waals surface area (Å²) in [4.78, 5) is 11.8. The molecule has 118 valence electrons. The van der Waals surface area contributed by atoms with E-state index in [2.05, 4.69) is 5.32 Å². The Labute approximate surface area is 133 Å². The summed E-state index contributed by atoms with van der Waals surface area (Å²) < 4.78 is 27.8. The molecule has 3 N–H and O–H groups in total. The molecule has 0 aliphatic carbocycles. The fourth-order valence-corrected chi connectivity index (χ4v) is 3.05. The van der Waals surface area contributed by atoms with E-state index >= 15 is 0 Å². The summed E-state index contributed by atoms with van der Waals surface area (Å²) in [7, 11) is -2.53. The third-order valence-electron chi connectivity index (χ3n) is 2.77. The zero-order valence-corrected chi connectivity index (χ0v) is 13.8. The van der Waals surface area contributed by atoms with Crippen molar-refractivity contribution in [2.24, 2.45) is 5.14 Å². The van der Waals surface area contributed by atoms with Gasteiger partial charge in [-0.3, -0.25) is 4.79 Å². The van der Waals surface area contributed by atoms with Crippen LogP contribution in [0.5, 0.6) is 0 Å². The second kappa shape index (κ2) is 7.42. The lowest BCUT2D eigenvalue weighted by Crippen LogP contribution is -2.37. The Balaban J connectivity index is 3.15. The van der Waals surface area contributed by atoms with E-state index in [-0.39, 0.29) is 26.5 Å². The maximum absolute atomic E-state index is 12.2. The summed E-state index contributed by atoms with van der Waals surface area (Å²) in [6, 6.07) is 2.02. The number of hydrogen-bond donors (Lipinski definition) is 2. The molecule has 9 heteroatoms. The van der Waals surface area contributed by atoms with Gasteiger partial charge in [-0.25, -0.2) is 13.6 Å². The molecular weight excluding hydrogens is 339 g/mol. The molecule has 1 atom stereocenters. The number of hydrogen-bond acceptors (Lipinski definition) is 4. The number of benzene rings is 1. The molecule has 0 spiro atoms. The van der Waals surface area contributed by atoms with E-state index in [1.807, 2.05) is 6.92 Å². The molecule has 1 amide bonds. The molecule has 1 rings (SSSR count). The third-order valence-corrected chi connectivity index (χ3v) is 4.46. The number of carbonyl (C=O) groups excluding carboxylic acids is 1. The van der Waals surface area contributed by atoms with E-state index in [1.54, 1.807) is 0 Å². The third kappa shape index (κ3) is 4.82. The van der Waals surface area contributed by atoms with Crippen LogP contribution in [-0.2, 0) is 14.8 Å². The highest BCUT2D eigenvalue weighted by Gasteiger charge is 2.21. The predicted molar refractivity (Wildman–Crippen MR) is 81.3 cm³/mol. The zero-order valence-electron chi connectivity index (χ0n) is 11.5. The van der Waals surface area contributed by atoms with Gasteiger partial charge in [0.05, 0.1) is 28.3 Å². The molecular formula is C12H16Cl2N2O4S. The van der Waals surface area contributed by atoms with E-state index in [9.17, 15) is 13.2 Å². The molecule has 0 aliphatic rings. The van der Waals surface area contributed by atoms with Crippen molar-refractivity contribution in [2.45, 2.75) is 24.3 Å². The molecule has 6 nitrogen and oxygen atoms in total. The van der Waals surface area contributed by atoms with Crippen LogP contribution >= 0.6 is 23.2 Å². The fourth-order valence-electron chi connectivity index (χ4n) is 1.65. The van der Waals surface area contributed by atoms with Crippen molar-refractivity contribution in [3.05, 3.63) is 27.7 Å². The van der Waals surface area contributed by atoms with Gasteiger partial charge in [-0.15, -0.1) is 0 Å². The molecule has 0 bridgehead atoms. The Bertz CT molecular complexity index is 634. The highest BCUT2D eigenvalue weighted by Crippen LogP contribution is 2.28. The van der Waals surface area contributed by atoms with Gasteiger partial charge in [0.25, 0.3) is 5.91 Å². The average molecular weight is 355 g/mol. The molecule has 0 radical (unpaired) electrons. The smallest absolute Gasteiger partial charge is 0.253 e. The molecule has 0 aromatic heterocycles. The van der Waals surface area contributed by atoms with Crippen LogP contribution < -0.4 is 10.5 Å². The SMILES string of the molecule is CCC(COC)NC(=O)c1cc(S(N)(=O)=O)c(Cl)cc1Cl. The quantitative estimate of drug-likeness (QED) is 0.813. The van der Waals surface area contributed by atoms with Crippen molar-refractivity contribution in [2.75, 3.05) is 13.7 Å². The first-order valence-corrected chi connectivity index (χ1v) is 8.32. The zero-order chi connectivity index (χ0) is 16.2. The number of carbonyl (C=O) groups is 1. The van der Waals surface area contributed by atoms with Crippen molar-refractivity contribution in [3.8, 4) is 0 Å². The molecule has 1 aromatic carbocycles.